The second-order valence-corrected chi connectivity index (χ2v) is 5.05. The minimum absolute atomic E-state index is 0.109. The van der Waals surface area contributed by atoms with E-state index in [0.717, 1.165) is 11.1 Å². The van der Waals surface area contributed by atoms with E-state index >= 15 is 0 Å². The molecule has 0 fully saturated rings. The number of halogens is 1. The summed E-state index contributed by atoms with van der Waals surface area (Å²) in [4.78, 5) is 0. The molecule has 2 aromatic carbocycles. The normalized spacial score (nSPS) is 12.2. The molecule has 0 heterocycles. The quantitative estimate of drug-likeness (QED) is 0.370. The van der Waals surface area contributed by atoms with Crippen molar-refractivity contribution < 1.29 is 14.2 Å². The molecule has 0 spiro atoms. The number of hydrogen-bond acceptors (Lipinski definition) is 3. The molecular formula is C18H21ClO3. The lowest BCUT2D eigenvalue weighted by molar-refractivity contribution is -0.148. The second kappa shape index (κ2) is 10.4. The summed E-state index contributed by atoms with van der Waals surface area (Å²) in [7, 11) is 0. The highest BCUT2D eigenvalue weighted by atomic mass is 35.5. The third-order valence-electron chi connectivity index (χ3n) is 3.14. The Morgan fingerprint density at radius 3 is 1.95 bits per heavy atom. The molecule has 0 radical (unpaired) electrons. The van der Waals surface area contributed by atoms with E-state index in [-0.39, 0.29) is 12.4 Å². The van der Waals surface area contributed by atoms with Gasteiger partial charge in [0.05, 0.1) is 19.8 Å². The molecule has 0 aliphatic carbocycles. The Morgan fingerprint density at radius 2 is 1.36 bits per heavy atom. The van der Waals surface area contributed by atoms with Crippen LogP contribution in [0.15, 0.2) is 60.7 Å². The van der Waals surface area contributed by atoms with Crippen LogP contribution in [0, 0.1) is 0 Å². The zero-order chi connectivity index (χ0) is 15.5. The van der Waals surface area contributed by atoms with Gasteiger partial charge in [0.15, 0.2) is 6.29 Å². The topological polar surface area (TPSA) is 27.7 Å². The fourth-order valence-electron chi connectivity index (χ4n) is 1.99. The molecule has 3 nitrogen and oxygen atoms in total. The number of ether oxygens (including phenoxy) is 3. The van der Waals surface area contributed by atoms with Crippen molar-refractivity contribution >= 4 is 11.6 Å². The molecule has 0 aliphatic heterocycles. The van der Waals surface area contributed by atoms with Crippen molar-refractivity contribution in [2.24, 2.45) is 0 Å². The molecule has 2 rings (SSSR count). The Labute approximate surface area is 136 Å². The molecule has 0 saturated carbocycles. The minimum Gasteiger partial charge on any atom is -0.377 e. The van der Waals surface area contributed by atoms with Gasteiger partial charge in [0, 0.05) is 6.42 Å². The van der Waals surface area contributed by atoms with Crippen molar-refractivity contribution in [3.8, 4) is 0 Å². The van der Waals surface area contributed by atoms with Gasteiger partial charge in [-0.1, -0.05) is 72.3 Å². The number of benzene rings is 2. The van der Waals surface area contributed by atoms with Crippen LogP contribution in [0.1, 0.15) is 17.5 Å². The molecule has 0 aromatic heterocycles. The van der Waals surface area contributed by atoms with E-state index in [9.17, 15) is 0 Å². The molecule has 0 aliphatic rings. The average Bonchev–Trinajstić information content (AvgIpc) is 2.58. The predicted octanol–water partition coefficient (Wildman–Crippen LogP) is 4.35. The van der Waals surface area contributed by atoms with Gasteiger partial charge in [0.1, 0.15) is 6.07 Å². The van der Waals surface area contributed by atoms with Crippen molar-refractivity contribution in [2.75, 3.05) is 12.7 Å². The van der Waals surface area contributed by atoms with E-state index in [2.05, 4.69) is 0 Å². The summed E-state index contributed by atoms with van der Waals surface area (Å²) in [5.41, 5.74) is 2.26. The molecule has 1 atom stereocenters. The summed E-state index contributed by atoms with van der Waals surface area (Å²) in [6.07, 6.45) is 0.292. The molecule has 22 heavy (non-hydrogen) atoms. The Kier molecular flexibility index (Phi) is 7.99. The van der Waals surface area contributed by atoms with E-state index in [1.54, 1.807) is 0 Å². The van der Waals surface area contributed by atoms with E-state index < -0.39 is 0 Å². The maximum Gasteiger partial charge on any atom is 0.161 e. The van der Waals surface area contributed by atoms with Crippen molar-refractivity contribution in [1.82, 2.24) is 0 Å². The molecular weight excluding hydrogens is 300 g/mol. The maximum atomic E-state index is 5.73. The third-order valence-corrected chi connectivity index (χ3v) is 3.26. The van der Waals surface area contributed by atoms with Crippen LogP contribution in [0.2, 0.25) is 0 Å². The lowest BCUT2D eigenvalue weighted by Crippen LogP contribution is -2.19. The highest BCUT2D eigenvalue weighted by molar-refractivity contribution is 6.17. The van der Waals surface area contributed by atoms with Gasteiger partial charge in [0.25, 0.3) is 0 Å². The monoisotopic (exact) mass is 320 g/mol. The van der Waals surface area contributed by atoms with Gasteiger partial charge in [-0.25, -0.2) is 0 Å². The SMILES string of the molecule is ClCOC(CCOCc1ccccc1)OCc1ccccc1. The molecule has 1 unspecified atom stereocenters. The van der Waals surface area contributed by atoms with Gasteiger partial charge >= 0.3 is 0 Å². The molecule has 0 bridgehead atoms. The minimum atomic E-state index is -0.353. The van der Waals surface area contributed by atoms with Crippen molar-refractivity contribution in [2.45, 2.75) is 25.9 Å². The maximum absolute atomic E-state index is 5.73. The molecule has 0 amide bonds. The van der Waals surface area contributed by atoms with Gasteiger partial charge in [0.2, 0.25) is 0 Å². The van der Waals surface area contributed by atoms with Crippen molar-refractivity contribution in [3.05, 3.63) is 71.8 Å². The summed E-state index contributed by atoms with van der Waals surface area (Å²) < 4.78 is 16.8. The molecule has 118 valence electrons. The summed E-state index contributed by atoms with van der Waals surface area (Å²) in [6.45, 7) is 1.65. The van der Waals surface area contributed by atoms with Gasteiger partial charge < -0.3 is 14.2 Å². The first-order chi connectivity index (χ1) is 10.9. The summed E-state index contributed by atoms with van der Waals surface area (Å²) in [6, 6.07) is 20.2. The zero-order valence-corrected chi connectivity index (χ0v) is 13.2. The van der Waals surface area contributed by atoms with E-state index in [0.29, 0.717) is 26.2 Å². The van der Waals surface area contributed by atoms with Crippen LogP contribution in [0.5, 0.6) is 0 Å². The first-order valence-corrected chi connectivity index (χ1v) is 7.86. The summed E-state index contributed by atoms with van der Waals surface area (Å²) in [5, 5.41) is 0. The van der Waals surface area contributed by atoms with Crippen LogP contribution in [0.4, 0.5) is 0 Å². The zero-order valence-electron chi connectivity index (χ0n) is 12.5. The average molecular weight is 321 g/mol. The van der Waals surface area contributed by atoms with Crippen LogP contribution >= 0.6 is 11.6 Å². The highest BCUT2D eigenvalue weighted by Crippen LogP contribution is 2.09. The fourth-order valence-corrected chi connectivity index (χ4v) is 2.13. The van der Waals surface area contributed by atoms with E-state index in [1.165, 1.54) is 0 Å². The van der Waals surface area contributed by atoms with Crippen LogP contribution in [0.3, 0.4) is 0 Å². The Bertz CT molecular complexity index is 504. The first kappa shape index (κ1) is 17.0. The Morgan fingerprint density at radius 1 is 0.773 bits per heavy atom. The molecule has 0 saturated heterocycles. The summed E-state index contributed by atoms with van der Waals surface area (Å²) in [5.74, 6) is 0. The van der Waals surface area contributed by atoms with Crippen molar-refractivity contribution in [3.63, 3.8) is 0 Å². The van der Waals surface area contributed by atoms with Crippen LogP contribution in [0.25, 0.3) is 0 Å². The summed E-state index contributed by atoms with van der Waals surface area (Å²) >= 11 is 5.64. The van der Waals surface area contributed by atoms with Crippen LogP contribution in [-0.2, 0) is 27.4 Å². The van der Waals surface area contributed by atoms with Gasteiger partial charge in [-0.3, -0.25) is 0 Å². The molecule has 2 aromatic rings. The van der Waals surface area contributed by atoms with Crippen molar-refractivity contribution in [1.29, 1.82) is 0 Å². The predicted molar refractivity (Wildman–Crippen MR) is 87.5 cm³/mol. The van der Waals surface area contributed by atoms with Gasteiger partial charge in [-0.2, -0.15) is 0 Å². The number of rotatable bonds is 10. The Hall–Kier alpha value is -1.39. The van der Waals surface area contributed by atoms with Crippen LogP contribution in [-0.4, -0.2) is 19.0 Å². The number of hydrogen-bond donors (Lipinski definition) is 0. The fraction of sp³-hybridized carbons (Fsp3) is 0.333. The highest BCUT2D eigenvalue weighted by Gasteiger charge is 2.09. The lowest BCUT2D eigenvalue weighted by Gasteiger charge is -2.17. The Balaban J connectivity index is 1.67. The first-order valence-electron chi connectivity index (χ1n) is 7.33. The third kappa shape index (κ3) is 6.58. The van der Waals surface area contributed by atoms with E-state index in [4.69, 9.17) is 25.8 Å². The second-order valence-electron chi connectivity index (χ2n) is 4.83. The molecule has 0 N–H and O–H groups in total. The van der Waals surface area contributed by atoms with Crippen LogP contribution < -0.4 is 0 Å². The van der Waals surface area contributed by atoms with Gasteiger partial charge in [-0.05, 0) is 11.1 Å². The lowest BCUT2D eigenvalue weighted by atomic mass is 10.2. The smallest absolute Gasteiger partial charge is 0.161 e. The number of alkyl halides is 1. The van der Waals surface area contributed by atoms with Gasteiger partial charge in [-0.15, -0.1) is 0 Å². The standard InChI is InChI=1S/C18H21ClO3/c19-15-22-18(21-14-17-9-5-2-6-10-17)11-12-20-13-16-7-3-1-4-8-16/h1-10,18H,11-15H2. The van der Waals surface area contributed by atoms with E-state index in [1.807, 2.05) is 60.7 Å². The molecule has 4 heteroatoms. The largest absolute Gasteiger partial charge is 0.377 e.